The van der Waals surface area contributed by atoms with Gasteiger partial charge in [-0.25, -0.2) is 13.2 Å². The molecule has 2 bridgehead atoms. The van der Waals surface area contributed by atoms with E-state index in [1.54, 1.807) is 15.5 Å². The molecule has 3 fully saturated rings. The number of benzene rings is 1. The smallest absolute Gasteiger partial charge is 0.409 e. The minimum absolute atomic E-state index is 0.0542. The Kier molecular flexibility index (Phi) is 11.8. The summed E-state index contributed by atoms with van der Waals surface area (Å²) in [4.78, 5) is 45.6. The van der Waals surface area contributed by atoms with Crippen LogP contribution in [0.2, 0.25) is 0 Å². The van der Waals surface area contributed by atoms with Gasteiger partial charge in [-0.2, -0.15) is 0 Å². The van der Waals surface area contributed by atoms with Crippen molar-refractivity contribution < 1.29 is 27.9 Å². The van der Waals surface area contributed by atoms with Gasteiger partial charge >= 0.3 is 6.09 Å². The molecule has 3 N–H and O–H groups in total. The van der Waals surface area contributed by atoms with Crippen LogP contribution in [0.4, 0.5) is 4.79 Å². The molecule has 0 aliphatic carbocycles. The molecule has 1 aromatic carbocycles. The van der Waals surface area contributed by atoms with Gasteiger partial charge in [0.05, 0.1) is 31.2 Å². The van der Waals surface area contributed by atoms with Crippen LogP contribution in [0.3, 0.4) is 0 Å². The van der Waals surface area contributed by atoms with Gasteiger partial charge in [-0.15, -0.1) is 0 Å². The summed E-state index contributed by atoms with van der Waals surface area (Å²) in [6, 6.07) is 9.57. The lowest BCUT2D eigenvalue weighted by atomic mass is 9.96. The number of nitrogens with one attached hydrogen (secondary N) is 2. The van der Waals surface area contributed by atoms with Crippen LogP contribution in [-0.4, -0.2) is 134 Å². The number of hydrogen-bond donors (Lipinski definition) is 3. The van der Waals surface area contributed by atoms with Gasteiger partial charge in [0.1, 0.15) is 5.56 Å². The Labute approximate surface area is 283 Å². The SMILES string of the molecule is COC(=O)N(CCN1CCCC(NCS(C)(=O)=O)C1)CC(O)CN1[C@@H]2CC[C@H]1C[C@H](NC(=O)c1cc3ccccc3n(C(C)C)c1=O)C2. The minimum Gasteiger partial charge on any atom is -0.453 e. The molecule has 2 amide bonds. The Morgan fingerprint density at radius 3 is 2.48 bits per heavy atom. The lowest BCUT2D eigenvalue weighted by Crippen LogP contribution is -2.54. The molecule has 2 unspecified atom stereocenters. The highest BCUT2D eigenvalue weighted by molar-refractivity contribution is 7.90. The van der Waals surface area contributed by atoms with E-state index in [-0.39, 0.29) is 59.7 Å². The number of amides is 2. The first-order valence-electron chi connectivity index (χ1n) is 17.2. The normalized spacial score (nSPS) is 24.1. The molecular weight excluding hydrogens is 636 g/mol. The predicted octanol–water partition coefficient (Wildman–Crippen LogP) is 1.79. The number of carbonyl (C=O) groups is 2. The summed E-state index contributed by atoms with van der Waals surface area (Å²) < 4.78 is 29.8. The van der Waals surface area contributed by atoms with Crippen molar-refractivity contribution in [2.75, 3.05) is 58.5 Å². The van der Waals surface area contributed by atoms with E-state index in [1.807, 2.05) is 38.1 Å². The molecule has 5 atom stereocenters. The number of aliphatic hydroxyl groups excluding tert-OH is 1. The zero-order valence-electron chi connectivity index (χ0n) is 28.6. The molecule has 266 valence electrons. The number of aromatic nitrogens is 1. The summed E-state index contributed by atoms with van der Waals surface area (Å²) >= 11 is 0. The lowest BCUT2D eigenvalue weighted by molar-refractivity contribution is 0.0292. The number of methoxy groups -OCH3 is 1. The fourth-order valence-electron chi connectivity index (χ4n) is 7.81. The second-order valence-electron chi connectivity index (χ2n) is 14.1. The van der Waals surface area contributed by atoms with E-state index in [0.29, 0.717) is 26.2 Å². The molecule has 1 aromatic heterocycles. The molecule has 5 rings (SSSR count). The monoisotopic (exact) mass is 688 g/mol. The number of ether oxygens (including phenoxy) is 1. The Bertz CT molecular complexity index is 1600. The summed E-state index contributed by atoms with van der Waals surface area (Å²) in [5.41, 5.74) is 0.674. The summed E-state index contributed by atoms with van der Waals surface area (Å²) in [6.07, 6.45) is 5.15. The quantitative estimate of drug-likeness (QED) is 0.284. The summed E-state index contributed by atoms with van der Waals surface area (Å²) in [6.45, 7) is 6.95. The predicted molar refractivity (Wildman–Crippen MR) is 185 cm³/mol. The van der Waals surface area contributed by atoms with Crippen molar-refractivity contribution in [1.82, 2.24) is 29.9 Å². The number of carbonyl (C=O) groups excluding carboxylic acids is 2. The van der Waals surface area contributed by atoms with E-state index in [9.17, 15) is 27.9 Å². The van der Waals surface area contributed by atoms with Gasteiger partial charge in [-0.3, -0.25) is 19.8 Å². The molecule has 0 saturated carbocycles. The first-order valence-corrected chi connectivity index (χ1v) is 19.2. The van der Waals surface area contributed by atoms with Crippen LogP contribution in [0.1, 0.15) is 68.8 Å². The van der Waals surface area contributed by atoms with E-state index in [2.05, 4.69) is 20.4 Å². The lowest BCUT2D eigenvalue weighted by Gasteiger charge is -2.40. The number of aliphatic hydroxyl groups is 1. The third-order valence-electron chi connectivity index (χ3n) is 10.0. The molecule has 13 nitrogen and oxygen atoms in total. The second-order valence-corrected chi connectivity index (χ2v) is 16.2. The number of hydrogen-bond acceptors (Lipinski definition) is 10. The fraction of sp³-hybridized carbons (Fsp3) is 0.676. The number of likely N-dealkylation sites (tertiary alicyclic amines) is 1. The van der Waals surface area contributed by atoms with Gasteiger partial charge in [-0.05, 0) is 76.4 Å². The largest absolute Gasteiger partial charge is 0.453 e. The number of sulfone groups is 1. The third kappa shape index (κ3) is 8.94. The molecule has 0 radical (unpaired) electrons. The first kappa shape index (κ1) is 36.2. The van der Waals surface area contributed by atoms with Crippen LogP contribution < -0.4 is 16.2 Å². The van der Waals surface area contributed by atoms with Gasteiger partial charge in [0.25, 0.3) is 11.5 Å². The summed E-state index contributed by atoms with van der Waals surface area (Å²) in [5.74, 6) is -0.403. The summed E-state index contributed by atoms with van der Waals surface area (Å²) in [7, 11) is -1.77. The maximum absolute atomic E-state index is 13.5. The summed E-state index contributed by atoms with van der Waals surface area (Å²) in [5, 5.41) is 18.3. The number of para-hydroxylation sites is 1. The number of rotatable bonds is 13. The van der Waals surface area contributed by atoms with Crippen molar-refractivity contribution in [1.29, 1.82) is 0 Å². The van der Waals surface area contributed by atoms with Gasteiger partial charge in [0.2, 0.25) is 0 Å². The van der Waals surface area contributed by atoms with E-state index in [4.69, 9.17) is 4.74 Å². The zero-order valence-corrected chi connectivity index (χ0v) is 29.5. The van der Waals surface area contributed by atoms with Crippen molar-refractivity contribution in [2.24, 2.45) is 0 Å². The van der Waals surface area contributed by atoms with E-state index in [0.717, 1.165) is 56.0 Å². The zero-order chi connectivity index (χ0) is 34.6. The van der Waals surface area contributed by atoms with E-state index >= 15 is 0 Å². The molecule has 2 aromatic rings. The Hall–Kier alpha value is -3.04. The molecule has 14 heteroatoms. The molecule has 3 aliphatic heterocycles. The highest BCUT2D eigenvalue weighted by atomic mass is 32.2. The average Bonchev–Trinajstić information content (AvgIpc) is 3.26. The number of nitrogens with zero attached hydrogens (tertiary/aromatic N) is 4. The van der Waals surface area contributed by atoms with Gasteiger partial charge in [-0.1, -0.05) is 18.2 Å². The van der Waals surface area contributed by atoms with Crippen LogP contribution in [0, 0.1) is 0 Å². The topological polar surface area (TPSA) is 154 Å². The van der Waals surface area contributed by atoms with Crippen LogP contribution in [0.5, 0.6) is 0 Å². The van der Waals surface area contributed by atoms with E-state index in [1.165, 1.54) is 13.4 Å². The Morgan fingerprint density at radius 2 is 1.81 bits per heavy atom. The number of fused-ring (bicyclic) bond motifs is 3. The van der Waals surface area contributed by atoms with Crippen LogP contribution >= 0.6 is 0 Å². The minimum atomic E-state index is -3.10. The molecular formula is C34H52N6O7S. The van der Waals surface area contributed by atoms with Crippen LogP contribution in [0.25, 0.3) is 10.9 Å². The molecule has 3 aliphatic rings. The van der Waals surface area contributed by atoms with Crippen LogP contribution in [0.15, 0.2) is 35.1 Å². The highest BCUT2D eigenvalue weighted by Gasteiger charge is 2.42. The van der Waals surface area contributed by atoms with Gasteiger partial charge in [0.15, 0.2) is 9.84 Å². The molecule has 3 saturated heterocycles. The Balaban J connectivity index is 1.14. The van der Waals surface area contributed by atoms with Crippen molar-refractivity contribution in [2.45, 2.75) is 88.7 Å². The van der Waals surface area contributed by atoms with Gasteiger partial charge < -0.3 is 29.5 Å². The molecule has 48 heavy (non-hydrogen) atoms. The number of pyridine rings is 1. The Morgan fingerprint density at radius 1 is 1.10 bits per heavy atom. The van der Waals surface area contributed by atoms with E-state index < -0.39 is 22.0 Å². The second kappa shape index (κ2) is 15.7. The fourth-order valence-corrected chi connectivity index (χ4v) is 8.35. The average molecular weight is 689 g/mol. The number of piperidine rings is 2. The van der Waals surface area contributed by atoms with Gasteiger partial charge in [0, 0.05) is 62.6 Å². The third-order valence-corrected chi connectivity index (χ3v) is 10.7. The highest BCUT2D eigenvalue weighted by Crippen LogP contribution is 2.36. The molecule has 4 heterocycles. The van der Waals surface area contributed by atoms with Crippen molar-refractivity contribution in [3.63, 3.8) is 0 Å². The van der Waals surface area contributed by atoms with Crippen molar-refractivity contribution in [3.05, 3.63) is 46.2 Å². The maximum Gasteiger partial charge on any atom is 0.409 e. The van der Waals surface area contributed by atoms with Crippen molar-refractivity contribution >= 4 is 32.7 Å². The molecule has 0 spiro atoms. The maximum atomic E-state index is 13.5. The standard InChI is InChI=1S/C34H52N6O7S/c1-23(2)40-31-10-6-5-8-24(31)16-30(33(40)43)32(42)36-26-17-27-11-12-28(18-26)39(27)21-29(41)20-38(34(44)47-3)15-14-37-13-7-9-25(19-37)35-22-48(4,45)46/h5-6,8,10,16,23,25-29,35,41H,7,9,11-15,17-22H2,1-4H3,(H,36,42)/t25?,26-,27-,28+,29?. The first-order chi connectivity index (χ1) is 22.8. The van der Waals surface area contributed by atoms with Crippen LogP contribution in [-0.2, 0) is 14.6 Å². The van der Waals surface area contributed by atoms with Crippen molar-refractivity contribution in [3.8, 4) is 0 Å².